The molecule has 8 nitrogen and oxygen atoms in total. The average molecular weight is 563 g/mol. The van der Waals surface area contributed by atoms with E-state index in [2.05, 4.69) is 0 Å². The quantitative estimate of drug-likeness (QED) is 0.261. The van der Waals surface area contributed by atoms with Gasteiger partial charge in [0.05, 0.1) is 4.92 Å². The maximum absolute atomic E-state index is 11.9. The number of rotatable bonds is 7. The zero-order chi connectivity index (χ0) is 21.9. The van der Waals surface area contributed by atoms with E-state index in [9.17, 15) is 23.1 Å². The van der Waals surface area contributed by atoms with Crippen LogP contribution in [0.1, 0.15) is 16.7 Å². The number of aryl methyl sites for hydroxylation is 2. The molecule has 10 heteroatoms. The Morgan fingerprint density at radius 1 is 1.00 bits per heavy atom. The van der Waals surface area contributed by atoms with Crippen molar-refractivity contribution in [2.75, 3.05) is 0 Å². The monoisotopic (exact) mass is 563 g/mol. The van der Waals surface area contributed by atoms with Crippen molar-refractivity contribution in [3.05, 3.63) is 87.5 Å². The molecule has 3 rings (SSSR count). The summed E-state index contributed by atoms with van der Waals surface area (Å²) < 4.78 is 44.7. The van der Waals surface area contributed by atoms with Crippen LogP contribution in [0.3, 0.4) is 0 Å². The van der Waals surface area contributed by atoms with Crippen LogP contribution >= 0.6 is 0 Å². The molecule has 1 N–H and O–H groups in total. The molecule has 0 radical (unpaired) electrons. The SMILES string of the molecule is Cc1cc([N+](=O)[O-])cc(C)c1Oc1ccc(OCc2ccccc2)c(S(=O)(=O)O)c1.[CsH]. The van der Waals surface area contributed by atoms with Crippen LogP contribution in [-0.4, -0.2) is 86.8 Å². The first-order valence-electron chi connectivity index (χ1n) is 8.87. The molecule has 0 amide bonds. The number of non-ortho nitro benzene ring substituents is 1. The van der Waals surface area contributed by atoms with E-state index in [0.717, 1.165) is 11.6 Å². The fourth-order valence-electron chi connectivity index (χ4n) is 2.92. The van der Waals surface area contributed by atoms with Gasteiger partial charge in [-0.2, -0.15) is 8.42 Å². The summed E-state index contributed by atoms with van der Waals surface area (Å²) in [4.78, 5) is 10.1. The van der Waals surface area contributed by atoms with Gasteiger partial charge in [-0.25, -0.2) is 0 Å². The molecule has 3 aromatic rings. The molecule has 0 heterocycles. The Morgan fingerprint density at radius 3 is 2.16 bits per heavy atom. The van der Waals surface area contributed by atoms with Gasteiger partial charge in [-0.3, -0.25) is 14.7 Å². The van der Waals surface area contributed by atoms with Gasteiger partial charge in [-0.05, 0) is 42.7 Å². The number of hydrogen-bond acceptors (Lipinski definition) is 6. The molecule has 0 spiro atoms. The molecular weight excluding hydrogens is 543 g/mol. The Morgan fingerprint density at radius 2 is 1.61 bits per heavy atom. The molecule has 0 aliphatic heterocycles. The Balaban J connectivity index is 0.00000341. The Labute approximate surface area is 238 Å². The predicted molar refractivity (Wildman–Crippen MR) is 117 cm³/mol. The van der Waals surface area contributed by atoms with Crippen LogP contribution < -0.4 is 9.47 Å². The first kappa shape index (κ1) is 25.9. The van der Waals surface area contributed by atoms with E-state index in [1.807, 2.05) is 30.3 Å². The van der Waals surface area contributed by atoms with Crippen molar-refractivity contribution in [2.24, 2.45) is 0 Å². The number of nitro benzene ring substituents is 1. The summed E-state index contributed by atoms with van der Waals surface area (Å²) >= 11 is 0. The summed E-state index contributed by atoms with van der Waals surface area (Å²) in [6.07, 6.45) is 0. The maximum atomic E-state index is 11.9. The summed E-state index contributed by atoms with van der Waals surface area (Å²) in [5.41, 5.74) is 1.79. The van der Waals surface area contributed by atoms with Crippen LogP contribution in [0.2, 0.25) is 0 Å². The molecule has 3 aromatic carbocycles. The Hall–Kier alpha value is -1.38. The standard InChI is InChI=1S/C21H19NO7S.Cs.H/c1-14-10-17(22(23)24)11-15(2)21(14)29-18-8-9-19(20(12-18)30(25,26)27)28-13-16-6-4-3-5-7-16;;/h3-12H,13H2,1-2H3,(H,25,26,27);;. The Kier molecular flexibility index (Phi) is 9.16. The van der Waals surface area contributed by atoms with Gasteiger partial charge in [0.15, 0.2) is 0 Å². The molecule has 0 bridgehead atoms. The van der Waals surface area contributed by atoms with Gasteiger partial charge in [0.1, 0.15) is 28.8 Å². The van der Waals surface area contributed by atoms with E-state index in [0.29, 0.717) is 16.9 Å². The molecular formula is C21H20CsNO7S. The van der Waals surface area contributed by atoms with Crippen molar-refractivity contribution < 1.29 is 27.4 Å². The zero-order valence-corrected chi connectivity index (χ0v) is 17.0. The van der Waals surface area contributed by atoms with Crippen molar-refractivity contribution in [1.29, 1.82) is 0 Å². The fraction of sp³-hybridized carbons (Fsp3) is 0.143. The fourth-order valence-corrected chi connectivity index (χ4v) is 3.57. The van der Waals surface area contributed by atoms with Gasteiger partial charge in [0.2, 0.25) is 0 Å². The van der Waals surface area contributed by atoms with Crippen LogP contribution in [0, 0.1) is 24.0 Å². The van der Waals surface area contributed by atoms with E-state index in [4.69, 9.17) is 9.47 Å². The van der Waals surface area contributed by atoms with Gasteiger partial charge in [0, 0.05) is 18.2 Å². The van der Waals surface area contributed by atoms with Crippen LogP contribution in [-0.2, 0) is 16.7 Å². The van der Waals surface area contributed by atoms with Gasteiger partial charge in [-0.15, -0.1) is 0 Å². The van der Waals surface area contributed by atoms with E-state index < -0.39 is 19.9 Å². The first-order valence-corrected chi connectivity index (χ1v) is 10.3. The molecule has 31 heavy (non-hydrogen) atoms. The molecule has 0 saturated heterocycles. The van der Waals surface area contributed by atoms with Crippen LogP contribution in [0.5, 0.6) is 17.2 Å². The number of hydrogen-bond donors (Lipinski definition) is 1. The number of nitro groups is 1. The second kappa shape index (κ2) is 11.0. The van der Waals surface area contributed by atoms with Gasteiger partial charge in [0.25, 0.3) is 15.8 Å². The van der Waals surface area contributed by atoms with Crippen LogP contribution in [0.4, 0.5) is 5.69 Å². The summed E-state index contributed by atoms with van der Waals surface area (Å²) in [6.45, 7) is 3.41. The molecule has 0 saturated carbocycles. The molecule has 0 aliphatic rings. The molecule has 0 fully saturated rings. The van der Waals surface area contributed by atoms with Crippen molar-refractivity contribution in [3.8, 4) is 17.2 Å². The number of ether oxygens (including phenoxy) is 2. The summed E-state index contributed by atoms with van der Waals surface area (Å²) in [6, 6.07) is 15.9. The van der Waals surface area contributed by atoms with Crippen LogP contribution in [0.25, 0.3) is 0 Å². The van der Waals surface area contributed by atoms with Gasteiger partial charge < -0.3 is 9.47 Å². The molecule has 0 aromatic heterocycles. The summed E-state index contributed by atoms with van der Waals surface area (Å²) in [7, 11) is -4.59. The second-order valence-corrected chi connectivity index (χ2v) is 8.02. The normalized spacial score (nSPS) is 10.8. The third-order valence-corrected chi connectivity index (χ3v) is 5.18. The first-order chi connectivity index (χ1) is 14.1. The predicted octanol–water partition coefficient (Wildman–Crippen LogP) is 4.18. The van der Waals surface area contributed by atoms with E-state index in [1.165, 1.54) is 24.3 Å². The van der Waals surface area contributed by atoms with Crippen molar-refractivity contribution in [3.63, 3.8) is 0 Å². The Bertz CT molecular complexity index is 1170. The molecule has 0 unspecified atom stereocenters. The summed E-state index contributed by atoms with van der Waals surface area (Å²) in [5, 5.41) is 11.0. The van der Waals surface area contributed by atoms with Crippen LogP contribution in [0.15, 0.2) is 65.6 Å². The van der Waals surface area contributed by atoms with E-state index in [-0.39, 0.29) is 92.7 Å². The minimum atomic E-state index is -4.59. The topological polar surface area (TPSA) is 116 Å². The average Bonchev–Trinajstić information content (AvgIpc) is 2.69. The molecule has 0 atom stereocenters. The third kappa shape index (κ3) is 6.80. The van der Waals surface area contributed by atoms with Crippen molar-refractivity contribution >= 4 is 84.7 Å². The van der Waals surface area contributed by atoms with E-state index in [1.54, 1.807) is 13.8 Å². The zero-order valence-electron chi connectivity index (χ0n) is 16.2. The van der Waals surface area contributed by atoms with Gasteiger partial charge >= 0.3 is 68.9 Å². The van der Waals surface area contributed by atoms with Crippen molar-refractivity contribution in [1.82, 2.24) is 0 Å². The third-order valence-electron chi connectivity index (χ3n) is 4.31. The molecule has 158 valence electrons. The summed E-state index contributed by atoms with van der Waals surface area (Å²) in [5.74, 6) is 0.473. The minimum absolute atomic E-state index is 0. The number of benzene rings is 3. The van der Waals surface area contributed by atoms with Gasteiger partial charge in [-0.1, -0.05) is 30.3 Å². The second-order valence-electron chi connectivity index (χ2n) is 6.63. The number of nitrogens with zero attached hydrogens (tertiary/aromatic N) is 1. The molecule has 0 aliphatic carbocycles. The van der Waals surface area contributed by atoms with Crippen molar-refractivity contribution in [2.45, 2.75) is 25.3 Å². The van der Waals surface area contributed by atoms with E-state index >= 15 is 0 Å².